The molecule has 0 bridgehead atoms. The number of carbonyl (C=O) groups excluding carboxylic acids is 3. The van der Waals surface area contributed by atoms with Crippen molar-refractivity contribution in [2.75, 3.05) is 6.54 Å². The van der Waals surface area contributed by atoms with Crippen LogP contribution in [0.25, 0.3) is 0 Å². The number of aliphatic carboxylic acids is 1. The number of carboxylic acid groups (broad SMARTS) is 1. The van der Waals surface area contributed by atoms with Crippen LogP contribution in [-0.2, 0) is 14.4 Å². The van der Waals surface area contributed by atoms with Gasteiger partial charge < -0.3 is 20.5 Å². The third kappa shape index (κ3) is 7.61. The van der Waals surface area contributed by atoms with E-state index in [2.05, 4.69) is 15.6 Å². The van der Waals surface area contributed by atoms with Crippen molar-refractivity contribution in [2.45, 2.75) is 51.5 Å². The van der Waals surface area contributed by atoms with E-state index in [1.165, 1.54) is 0 Å². The molecule has 32 heavy (non-hydrogen) atoms. The predicted octanol–water partition coefficient (Wildman–Crippen LogP) is 2.54. The molecule has 0 fully saturated rings. The molecular formula is C24H29N3O5. The van der Waals surface area contributed by atoms with Crippen LogP contribution in [0.2, 0.25) is 0 Å². The molecule has 2 amide bonds. The molecule has 0 aliphatic heterocycles. The lowest BCUT2D eigenvalue weighted by molar-refractivity contribution is -0.138. The fourth-order valence-corrected chi connectivity index (χ4v) is 3.30. The largest absolute Gasteiger partial charge is 0.481 e. The summed E-state index contributed by atoms with van der Waals surface area (Å²) in [7, 11) is 0. The molecule has 0 saturated heterocycles. The molecular weight excluding hydrogens is 410 g/mol. The first-order chi connectivity index (χ1) is 15.3. The third-order valence-corrected chi connectivity index (χ3v) is 5.26. The number of hydrogen-bond acceptors (Lipinski definition) is 5. The van der Waals surface area contributed by atoms with Crippen LogP contribution in [-0.4, -0.2) is 46.7 Å². The van der Waals surface area contributed by atoms with Gasteiger partial charge in [-0.05, 0) is 61.6 Å². The fourth-order valence-electron chi connectivity index (χ4n) is 3.30. The van der Waals surface area contributed by atoms with Crippen LogP contribution < -0.4 is 10.6 Å². The van der Waals surface area contributed by atoms with Crippen molar-refractivity contribution in [1.29, 1.82) is 0 Å². The van der Waals surface area contributed by atoms with Gasteiger partial charge in [0.1, 0.15) is 6.29 Å². The van der Waals surface area contributed by atoms with Crippen molar-refractivity contribution in [3.63, 3.8) is 0 Å². The monoisotopic (exact) mass is 439 g/mol. The number of hydrogen-bond donors (Lipinski definition) is 3. The number of carboxylic acids is 1. The molecule has 170 valence electrons. The molecule has 2 aromatic rings. The van der Waals surface area contributed by atoms with E-state index in [4.69, 9.17) is 5.11 Å². The van der Waals surface area contributed by atoms with E-state index in [-0.39, 0.29) is 5.91 Å². The smallest absolute Gasteiger partial charge is 0.305 e. The summed E-state index contributed by atoms with van der Waals surface area (Å²) in [6.07, 6.45) is 4.90. The minimum Gasteiger partial charge on any atom is -0.481 e. The van der Waals surface area contributed by atoms with Crippen molar-refractivity contribution >= 4 is 24.1 Å². The number of aldehydes is 1. The number of amides is 2. The molecule has 0 aliphatic carbocycles. The normalized spacial score (nSPS) is 12.4. The van der Waals surface area contributed by atoms with Crippen LogP contribution >= 0.6 is 0 Å². The Bertz CT molecular complexity index is 946. The molecule has 2 atom stereocenters. The third-order valence-electron chi connectivity index (χ3n) is 5.26. The summed E-state index contributed by atoms with van der Waals surface area (Å²) < 4.78 is 0. The summed E-state index contributed by atoms with van der Waals surface area (Å²) in [6, 6.07) is 7.96. The lowest BCUT2D eigenvalue weighted by Gasteiger charge is -2.19. The SMILES string of the molecule is Cc1ccc(C(=O)NCCCCC(C(=O)N[C@H](C=O)CC(=O)O)c2cccnc2)cc1C. The summed E-state index contributed by atoms with van der Waals surface area (Å²) in [5.41, 5.74) is 3.48. The van der Waals surface area contributed by atoms with Crippen LogP contribution in [0.3, 0.4) is 0 Å². The molecule has 1 unspecified atom stereocenters. The van der Waals surface area contributed by atoms with Crippen molar-refractivity contribution in [3.05, 3.63) is 65.0 Å². The van der Waals surface area contributed by atoms with Gasteiger partial charge in [0.25, 0.3) is 5.91 Å². The number of rotatable bonds is 12. The first-order valence-electron chi connectivity index (χ1n) is 10.5. The molecule has 8 heteroatoms. The van der Waals surface area contributed by atoms with Crippen LogP contribution in [0.4, 0.5) is 0 Å². The Hall–Kier alpha value is -3.55. The number of aromatic nitrogens is 1. The number of nitrogens with one attached hydrogen (secondary N) is 2. The first-order valence-corrected chi connectivity index (χ1v) is 10.5. The van der Waals surface area contributed by atoms with Crippen LogP contribution in [0.15, 0.2) is 42.7 Å². The summed E-state index contributed by atoms with van der Waals surface area (Å²) in [5.74, 6) is -2.30. The zero-order valence-electron chi connectivity index (χ0n) is 18.3. The quantitative estimate of drug-likeness (QED) is 0.345. The Balaban J connectivity index is 1.90. The molecule has 2 rings (SSSR count). The number of pyridine rings is 1. The van der Waals surface area contributed by atoms with E-state index < -0.39 is 30.3 Å². The molecule has 1 aromatic heterocycles. The Labute approximate surface area is 187 Å². The average Bonchev–Trinajstić information content (AvgIpc) is 2.77. The summed E-state index contributed by atoms with van der Waals surface area (Å²) >= 11 is 0. The van der Waals surface area contributed by atoms with Gasteiger partial charge in [-0.2, -0.15) is 0 Å². The topological polar surface area (TPSA) is 125 Å². The van der Waals surface area contributed by atoms with Gasteiger partial charge in [-0.1, -0.05) is 18.6 Å². The van der Waals surface area contributed by atoms with Gasteiger partial charge in [-0.25, -0.2) is 0 Å². The number of benzene rings is 1. The van der Waals surface area contributed by atoms with E-state index in [0.717, 1.165) is 11.1 Å². The molecule has 0 radical (unpaired) electrons. The van der Waals surface area contributed by atoms with E-state index in [1.54, 1.807) is 30.6 Å². The Morgan fingerprint density at radius 3 is 2.53 bits per heavy atom. The summed E-state index contributed by atoms with van der Waals surface area (Å²) in [5, 5.41) is 14.3. The highest BCUT2D eigenvalue weighted by Gasteiger charge is 2.24. The Kier molecular flexibility index (Phi) is 9.53. The van der Waals surface area contributed by atoms with Crippen molar-refractivity contribution in [3.8, 4) is 0 Å². The minimum atomic E-state index is -1.17. The van der Waals surface area contributed by atoms with Crippen molar-refractivity contribution in [1.82, 2.24) is 15.6 Å². The molecule has 0 saturated carbocycles. The Morgan fingerprint density at radius 2 is 1.91 bits per heavy atom. The van der Waals surface area contributed by atoms with Gasteiger partial charge in [0.05, 0.1) is 18.4 Å². The standard InChI is InChI=1S/C24H29N3O5/c1-16-8-9-18(12-17(16)2)23(31)26-11-4-3-7-21(19-6-5-10-25-14-19)24(32)27-20(15-28)13-22(29)30/h5-6,8-10,12,14-15,20-21H,3-4,7,11,13H2,1-2H3,(H,26,31)(H,27,32)(H,29,30)/t20-,21?/m0/s1. The van der Waals surface area contributed by atoms with Crippen molar-refractivity contribution < 1.29 is 24.3 Å². The maximum Gasteiger partial charge on any atom is 0.305 e. The maximum atomic E-state index is 12.8. The van der Waals surface area contributed by atoms with Crippen LogP contribution in [0.1, 0.15) is 58.6 Å². The lowest BCUT2D eigenvalue weighted by atomic mass is 9.93. The highest BCUT2D eigenvalue weighted by molar-refractivity contribution is 5.94. The first kappa shape index (κ1) is 24.7. The van der Waals surface area contributed by atoms with Crippen LogP contribution in [0.5, 0.6) is 0 Å². The number of carbonyl (C=O) groups is 4. The molecule has 8 nitrogen and oxygen atoms in total. The van der Waals surface area contributed by atoms with Crippen molar-refractivity contribution in [2.24, 2.45) is 0 Å². The molecule has 0 aliphatic rings. The minimum absolute atomic E-state index is 0.142. The average molecular weight is 440 g/mol. The number of unbranched alkanes of at least 4 members (excludes halogenated alkanes) is 1. The fraction of sp³-hybridized carbons (Fsp3) is 0.375. The highest BCUT2D eigenvalue weighted by atomic mass is 16.4. The lowest BCUT2D eigenvalue weighted by Crippen LogP contribution is -2.40. The van der Waals surface area contributed by atoms with Gasteiger partial charge in [0, 0.05) is 24.5 Å². The van der Waals surface area contributed by atoms with Gasteiger partial charge in [-0.3, -0.25) is 19.4 Å². The van der Waals surface area contributed by atoms with E-state index >= 15 is 0 Å². The molecule has 1 aromatic carbocycles. The number of aryl methyl sites for hydroxylation is 2. The second-order valence-electron chi connectivity index (χ2n) is 7.74. The zero-order valence-corrected chi connectivity index (χ0v) is 18.3. The van der Waals surface area contributed by atoms with E-state index in [9.17, 15) is 19.2 Å². The zero-order chi connectivity index (χ0) is 23.5. The Morgan fingerprint density at radius 1 is 1.12 bits per heavy atom. The maximum absolute atomic E-state index is 12.8. The van der Waals surface area contributed by atoms with E-state index in [1.807, 2.05) is 26.0 Å². The molecule has 3 N–H and O–H groups in total. The summed E-state index contributed by atoms with van der Waals surface area (Å²) in [4.78, 5) is 51.1. The predicted molar refractivity (Wildman–Crippen MR) is 119 cm³/mol. The van der Waals surface area contributed by atoms with Gasteiger partial charge >= 0.3 is 5.97 Å². The van der Waals surface area contributed by atoms with E-state index in [0.29, 0.717) is 43.2 Å². The molecule has 1 heterocycles. The number of nitrogens with zero attached hydrogens (tertiary/aromatic N) is 1. The van der Waals surface area contributed by atoms with Gasteiger partial charge in [0.15, 0.2) is 0 Å². The molecule has 0 spiro atoms. The second-order valence-corrected chi connectivity index (χ2v) is 7.74. The van der Waals surface area contributed by atoms with Crippen LogP contribution in [0, 0.1) is 13.8 Å². The highest BCUT2D eigenvalue weighted by Crippen LogP contribution is 2.22. The van der Waals surface area contributed by atoms with Gasteiger partial charge in [0.2, 0.25) is 5.91 Å². The van der Waals surface area contributed by atoms with Gasteiger partial charge in [-0.15, -0.1) is 0 Å². The summed E-state index contributed by atoms with van der Waals surface area (Å²) in [6.45, 7) is 4.41. The second kappa shape index (κ2) is 12.3.